The first-order valence-electron chi connectivity index (χ1n) is 9.98. The van der Waals surface area contributed by atoms with E-state index in [1.54, 1.807) is 31.2 Å². The largest absolute Gasteiger partial charge is 0.508 e. The highest BCUT2D eigenvalue weighted by atomic mass is 19.1. The van der Waals surface area contributed by atoms with Gasteiger partial charge in [-0.25, -0.2) is 9.18 Å². The average Bonchev–Trinajstić information content (AvgIpc) is 3.04. The van der Waals surface area contributed by atoms with Crippen LogP contribution in [-0.2, 0) is 16.0 Å². The summed E-state index contributed by atoms with van der Waals surface area (Å²) in [5.41, 5.74) is 4.07. The van der Waals surface area contributed by atoms with Crippen LogP contribution in [0.15, 0.2) is 48.6 Å². The Hall–Kier alpha value is -3.12. The van der Waals surface area contributed by atoms with E-state index in [1.165, 1.54) is 6.07 Å². The summed E-state index contributed by atoms with van der Waals surface area (Å²) in [5.74, 6) is -1.07. The van der Waals surface area contributed by atoms with Gasteiger partial charge in [0.1, 0.15) is 11.6 Å². The van der Waals surface area contributed by atoms with E-state index in [9.17, 15) is 19.4 Å². The normalized spacial score (nSPS) is 14.9. The van der Waals surface area contributed by atoms with Crippen molar-refractivity contribution in [2.45, 2.75) is 32.1 Å². The van der Waals surface area contributed by atoms with Gasteiger partial charge in [-0.3, -0.25) is 0 Å². The first-order chi connectivity index (χ1) is 14.4. The third-order valence-electron chi connectivity index (χ3n) is 5.80. The van der Waals surface area contributed by atoms with Crippen LogP contribution >= 0.6 is 0 Å². The van der Waals surface area contributed by atoms with Crippen LogP contribution in [0.5, 0.6) is 5.75 Å². The van der Waals surface area contributed by atoms with Crippen LogP contribution in [0.3, 0.4) is 0 Å². The van der Waals surface area contributed by atoms with Crippen LogP contribution < -0.4 is 0 Å². The number of benzene rings is 2. The van der Waals surface area contributed by atoms with E-state index >= 15 is 0 Å². The van der Waals surface area contributed by atoms with Crippen molar-refractivity contribution in [2.24, 2.45) is 0 Å². The third-order valence-corrected chi connectivity index (χ3v) is 5.80. The van der Waals surface area contributed by atoms with Crippen molar-refractivity contribution in [3.63, 3.8) is 0 Å². The fourth-order valence-electron chi connectivity index (χ4n) is 4.28. The maximum Gasteiger partial charge on any atom is 0.331 e. The molecule has 0 atom stereocenters. The fraction of sp³-hybridized carbons (Fsp3) is 0.292. The number of aromatic hydroxyl groups is 1. The summed E-state index contributed by atoms with van der Waals surface area (Å²) in [6.07, 6.45) is 1.76. The van der Waals surface area contributed by atoms with Gasteiger partial charge in [-0.1, -0.05) is 6.58 Å². The van der Waals surface area contributed by atoms with Gasteiger partial charge >= 0.3 is 5.97 Å². The second-order valence-electron chi connectivity index (χ2n) is 7.81. The number of aryl methyl sites for hydroxylation is 1. The summed E-state index contributed by atoms with van der Waals surface area (Å²) < 4.78 is 21.6. The Kier molecular flexibility index (Phi) is 5.35. The molecule has 2 N–H and O–H groups in total. The zero-order chi connectivity index (χ0) is 21.4. The van der Waals surface area contributed by atoms with Crippen molar-refractivity contribution in [1.82, 2.24) is 4.57 Å². The maximum absolute atomic E-state index is 14.0. The summed E-state index contributed by atoms with van der Waals surface area (Å²) >= 11 is 0. The summed E-state index contributed by atoms with van der Waals surface area (Å²) in [4.78, 5) is 11.5. The van der Waals surface area contributed by atoms with Crippen LogP contribution in [-0.4, -0.2) is 34.0 Å². The smallest absolute Gasteiger partial charge is 0.331 e. The van der Waals surface area contributed by atoms with Gasteiger partial charge in [-0.15, -0.1) is 0 Å². The molecule has 1 aliphatic rings. The molecule has 0 spiro atoms. The van der Waals surface area contributed by atoms with Crippen LogP contribution in [0.25, 0.3) is 16.6 Å². The van der Waals surface area contributed by atoms with Gasteiger partial charge in [0, 0.05) is 47.9 Å². The SMILES string of the molecule is C=C(Cc1c(C2CCOCC2)n(-c2ccc(F)c(C)c2)c2ccc(O)cc12)C(=O)O. The standard InChI is InChI=1S/C24H24FNO4/c1-14-11-17(3-5-21(14)25)26-22-6-4-18(27)13-19(22)20(12-15(2)24(28)29)23(26)16-7-9-30-10-8-16/h3-6,11,13,16,27H,2,7-10,12H2,1H3,(H,28,29). The van der Waals surface area contributed by atoms with Gasteiger partial charge in [0.25, 0.3) is 0 Å². The second kappa shape index (κ2) is 7.95. The van der Waals surface area contributed by atoms with Gasteiger partial charge in [0.05, 0.1) is 5.52 Å². The molecule has 30 heavy (non-hydrogen) atoms. The Morgan fingerprint density at radius 1 is 1.23 bits per heavy atom. The lowest BCUT2D eigenvalue weighted by Gasteiger charge is -2.26. The molecule has 0 saturated carbocycles. The zero-order valence-electron chi connectivity index (χ0n) is 16.8. The van der Waals surface area contributed by atoms with Crippen molar-refractivity contribution in [2.75, 3.05) is 13.2 Å². The Labute approximate surface area is 174 Å². The fourth-order valence-corrected chi connectivity index (χ4v) is 4.28. The lowest BCUT2D eigenvalue weighted by atomic mass is 9.90. The van der Waals surface area contributed by atoms with E-state index in [0.29, 0.717) is 18.8 Å². The van der Waals surface area contributed by atoms with Crippen LogP contribution in [0.2, 0.25) is 0 Å². The van der Waals surface area contributed by atoms with Crippen molar-refractivity contribution in [1.29, 1.82) is 0 Å². The number of aliphatic carboxylic acids is 1. The highest BCUT2D eigenvalue weighted by molar-refractivity contribution is 5.92. The lowest BCUT2D eigenvalue weighted by Crippen LogP contribution is -2.18. The maximum atomic E-state index is 14.0. The Bertz CT molecular complexity index is 1140. The molecule has 1 fully saturated rings. The summed E-state index contributed by atoms with van der Waals surface area (Å²) in [5, 5.41) is 20.4. The molecule has 5 nitrogen and oxygen atoms in total. The number of carboxylic acids is 1. The van der Waals surface area contributed by atoms with Crippen LogP contribution in [0.4, 0.5) is 4.39 Å². The number of rotatable bonds is 5. The lowest BCUT2D eigenvalue weighted by molar-refractivity contribution is -0.132. The molecule has 156 valence electrons. The molecule has 0 aliphatic carbocycles. The number of hydrogen-bond donors (Lipinski definition) is 2. The number of nitrogens with zero attached hydrogens (tertiary/aromatic N) is 1. The molecule has 4 rings (SSSR count). The molecule has 1 aliphatic heterocycles. The topological polar surface area (TPSA) is 71.7 Å². The van der Waals surface area contributed by atoms with Crippen LogP contribution in [0.1, 0.15) is 35.6 Å². The van der Waals surface area contributed by atoms with E-state index < -0.39 is 5.97 Å². The number of aromatic nitrogens is 1. The molecule has 0 unspecified atom stereocenters. The molecule has 0 amide bonds. The summed E-state index contributed by atoms with van der Waals surface area (Å²) in [6, 6.07) is 10.1. The van der Waals surface area contributed by atoms with Crippen molar-refractivity contribution >= 4 is 16.9 Å². The molecule has 1 aromatic heterocycles. The van der Waals surface area contributed by atoms with E-state index in [-0.39, 0.29) is 29.5 Å². The van der Waals surface area contributed by atoms with E-state index in [2.05, 4.69) is 11.1 Å². The molecule has 0 bridgehead atoms. The number of hydrogen-bond acceptors (Lipinski definition) is 3. The number of fused-ring (bicyclic) bond motifs is 1. The second-order valence-corrected chi connectivity index (χ2v) is 7.81. The first kappa shape index (κ1) is 20.2. The van der Waals surface area contributed by atoms with Crippen molar-refractivity contribution in [3.8, 4) is 11.4 Å². The average molecular weight is 409 g/mol. The zero-order valence-corrected chi connectivity index (χ0v) is 16.8. The number of phenolic OH excluding ortho intramolecular Hbond substituents is 1. The van der Waals surface area contributed by atoms with E-state index in [4.69, 9.17) is 4.74 Å². The predicted molar refractivity (Wildman–Crippen MR) is 113 cm³/mol. The number of phenols is 1. The molecule has 1 saturated heterocycles. The minimum Gasteiger partial charge on any atom is -0.508 e. The third kappa shape index (κ3) is 3.59. The monoisotopic (exact) mass is 409 g/mol. The molecule has 6 heteroatoms. The molecular weight excluding hydrogens is 385 g/mol. The predicted octanol–water partition coefficient (Wildman–Crippen LogP) is 4.86. The molecule has 2 heterocycles. The van der Waals surface area contributed by atoms with Crippen molar-refractivity contribution in [3.05, 3.63) is 71.2 Å². The quantitative estimate of drug-likeness (QED) is 0.591. The Morgan fingerprint density at radius 2 is 1.97 bits per heavy atom. The molecule has 2 aromatic carbocycles. The van der Waals surface area contributed by atoms with Gasteiger partial charge in [-0.05, 0) is 67.3 Å². The van der Waals surface area contributed by atoms with Gasteiger partial charge < -0.3 is 19.5 Å². The minimum atomic E-state index is -1.05. The number of carboxylic acid groups (broad SMARTS) is 1. The molecular formula is C24H24FNO4. The first-order valence-corrected chi connectivity index (χ1v) is 9.98. The number of carbonyl (C=O) groups is 1. The number of halogens is 1. The Morgan fingerprint density at radius 3 is 2.63 bits per heavy atom. The summed E-state index contributed by atoms with van der Waals surface area (Å²) in [7, 11) is 0. The number of ether oxygens (including phenoxy) is 1. The summed E-state index contributed by atoms with van der Waals surface area (Å²) in [6.45, 7) is 6.70. The molecule has 0 radical (unpaired) electrons. The van der Waals surface area contributed by atoms with E-state index in [0.717, 1.165) is 40.7 Å². The van der Waals surface area contributed by atoms with Gasteiger partial charge in [0.2, 0.25) is 0 Å². The van der Waals surface area contributed by atoms with Gasteiger partial charge in [-0.2, -0.15) is 0 Å². The highest BCUT2D eigenvalue weighted by Crippen LogP contribution is 2.40. The molecule has 3 aromatic rings. The minimum absolute atomic E-state index is 0.0842. The van der Waals surface area contributed by atoms with Crippen molar-refractivity contribution < 1.29 is 24.1 Å². The van der Waals surface area contributed by atoms with Crippen LogP contribution in [0, 0.1) is 12.7 Å². The Balaban J connectivity index is 2.03. The highest BCUT2D eigenvalue weighted by Gasteiger charge is 2.28. The van der Waals surface area contributed by atoms with Gasteiger partial charge in [0.15, 0.2) is 0 Å². The van der Waals surface area contributed by atoms with E-state index in [1.807, 2.05) is 6.07 Å².